The summed E-state index contributed by atoms with van der Waals surface area (Å²) in [6.45, 7) is 2.26. The fourth-order valence-corrected chi connectivity index (χ4v) is 4.37. The summed E-state index contributed by atoms with van der Waals surface area (Å²) in [5, 5.41) is 8.37. The Morgan fingerprint density at radius 2 is 1.62 bits per heavy atom. The van der Waals surface area contributed by atoms with Gasteiger partial charge in [-0.15, -0.1) is 0 Å². The van der Waals surface area contributed by atoms with Crippen LogP contribution >= 0.6 is 0 Å². The molecule has 0 bridgehead atoms. The van der Waals surface area contributed by atoms with Crippen LogP contribution in [-0.2, 0) is 6.42 Å². The standard InChI is InChI=1S/C24H32F2N2O/c1-3-4-5-6-17-7-9-18(10-8-17)11-12-19-13-15-21(28-27-19)20-14-16-22(29-2)24(26)23(20)25/h13-18H,3-12H2,1-2H3. The van der Waals surface area contributed by atoms with E-state index in [0.717, 1.165) is 30.4 Å². The second kappa shape index (κ2) is 10.7. The lowest BCUT2D eigenvalue weighted by atomic mass is 9.78. The highest BCUT2D eigenvalue weighted by atomic mass is 19.2. The highest BCUT2D eigenvalue weighted by molar-refractivity contribution is 5.61. The van der Waals surface area contributed by atoms with Gasteiger partial charge in [-0.05, 0) is 48.9 Å². The summed E-state index contributed by atoms with van der Waals surface area (Å²) >= 11 is 0. The van der Waals surface area contributed by atoms with Crippen LogP contribution in [0.4, 0.5) is 8.78 Å². The quantitative estimate of drug-likeness (QED) is 0.435. The van der Waals surface area contributed by atoms with Crippen molar-refractivity contribution in [2.75, 3.05) is 7.11 Å². The van der Waals surface area contributed by atoms with Crippen molar-refractivity contribution in [3.05, 3.63) is 41.6 Å². The first-order chi connectivity index (χ1) is 14.1. The van der Waals surface area contributed by atoms with E-state index in [9.17, 15) is 8.78 Å². The highest BCUT2D eigenvalue weighted by Gasteiger charge is 2.21. The van der Waals surface area contributed by atoms with E-state index in [1.165, 1.54) is 70.6 Å². The number of unbranched alkanes of at least 4 members (excludes halogenated alkanes) is 2. The first-order valence-corrected chi connectivity index (χ1v) is 11.0. The average molecular weight is 403 g/mol. The van der Waals surface area contributed by atoms with Crippen LogP contribution in [-0.4, -0.2) is 17.3 Å². The Hall–Kier alpha value is -2.04. The molecule has 1 aromatic heterocycles. The molecular formula is C24H32F2N2O. The first-order valence-electron chi connectivity index (χ1n) is 11.0. The van der Waals surface area contributed by atoms with Crippen molar-refractivity contribution in [2.45, 2.75) is 71.1 Å². The zero-order valence-electron chi connectivity index (χ0n) is 17.6. The molecule has 1 saturated carbocycles. The minimum atomic E-state index is -0.999. The number of aromatic nitrogens is 2. The van der Waals surface area contributed by atoms with Crippen LogP contribution in [0, 0.1) is 23.5 Å². The number of benzene rings is 1. The zero-order chi connectivity index (χ0) is 20.6. The number of methoxy groups -OCH3 is 1. The van der Waals surface area contributed by atoms with Gasteiger partial charge in [-0.3, -0.25) is 0 Å². The summed E-state index contributed by atoms with van der Waals surface area (Å²) in [5.74, 6) is -0.372. The molecular weight excluding hydrogens is 370 g/mol. The van der Waals surface area contributed by atoms with Gasteiger partial charge in [-0.25, -0.2) is 4.39 Å². The SMILES string of the molecule is CCCCCC1CCC(CCc2ccc(-c3ccc(OC)c(F)c3F)nn2)CC1. The molecule has 3 nitrogen and oxygen atoms in total. The van der Waals surface area contributed by atoms with Crippen LogP contribution in [0.5, 0.6) is 5.75 Å². The maximum Gasteiger partial charge on any atom is 0.201 e. The van der Waals surface area contributed by atoms with Gasteiger partial charge in [0.1, 0.15) is 0 Å². The summed E-state index contributed by atoms with van der Waals surface area (Å²) in [6, 6.07) is 6.47. The van der Waals surface area contributed by atoms with Gasteiger partial charge < -0.3 is 4.74 Å². The van der Waals surface area contributed by atoms with Crippen molar-refractivity contribution in [3.63, 3.8) is 0 Å². The largest absolute Gasteiger partial charge is 0.494 e. The summed E-state index contributed by atoms with van der Waals surface area (Å²) in [5.41, 5.74) is 1.34. The number of halogens is 2. The monoisotopic (exact) mass is 402 g/mol. The van der Waals surface area contributed by atoms with Gasteiger partial charge in [0.15, 0.2) is 11.6 Å². The third-order valence-electron chi connectivity index (χ3n) is 6.25. The number of ether oxygens (including phenoxy) is 1. The number of aryl methyl sites for hydroxylation is 1. The van der Waals surface area contributed by atoms with Crippen molar-refractivity contribution in [1.29, 1.82) is 0 Å². The third kappa shape index (κ3) is 5.74. The van der Waals surface area contributed by atoms with Crippen LogP contribution < -0.4 is 4.74 Å². The molecule has 29 heavy (non-hydrogen) atoms. The van der Waals surface area contributed by atoms with E-state index in [-0.39, 0.29) is 11.3 Å². The van der Waals surface area contributed by atoms with Gasteiger partial charge >= 0.3 is 0 Å². The van der Waals surface area contributed by atoms with Gasteiger partial charge in [0, 0.05) is 5.56 Å². The van der Waals surface area contributed by atoms with E-state index < -0.39 is 11.6 Å². The average Bonchev–Trinajstić information content (AvgIpc) is 2.76. The van der Waals surface area contributed by atoms with Crippen molar-refractivity contribution in [2.24, 2.45) is 11.8 Å². The Morgan fingerprint density at radius 1 is 0.897 bits per heavy atom. The van der Waals surface area contributed by atoms with Gasteiger partial charge in [-0.1, -0.05) is 58.3 Å². The summed E-state index contributed by atoms with van der Waals surface area (Å²) in [7, 11) is 1.31. The minimum Gasteiger partial charge on any atom is -0.494 e. The molecule has 158 valence electrons. The number of hydrogen-bond acceptors (Lipinski definition) is 3. The van der Waals surface area contributed by atoms with Gasteiger partial charge in [0.2, 0.25) is 5.82 Å². The molecule has 1 aliphatic rings. The highest BCUT2D eigenvalue weighted by Crippen LogP contribution is 2.34. The molecule has 1 aromatic carbocycles. The zero-order valence-corrected chi connectivity index (χ0v) is 17.6. The molecule has 5 heteroatoms. The van der Waals surface area contributed by atoms with E-state index in [1.807, 2.05) is 6.07 Å². The predicted molar refractivity (Wildman–Crippen MR) is 112 cm³/mol. The summed E-state index contributed by atoms with van der Waals surface area (Å²) < 4.78 is 33.0. The molecule has 1 fully saturated rings. The molecule has 0 radical (unpaired) electrons. The fraction of sp³-hybridized carbons (Fsp3) is 0.583. The number of hydrogen-bond donors (Lipinski definition) is 0. The van der Waals surface area contributed by atoms with Crippen LogP contribution in [0.25, 0.3) is 11.3 Å². The van der Waals surface area contributed by atoms with E-state index in [0.29, 0.717) is 5.69 Å². The second-order valence-corrected chi connectivity index (χ2v) is 8.27. The molecule has 1 aliphatic carbocycles. The molecule has 0 saturated heterocycles. The lowest BCUT2D eigenvalue weighted by molar-refractivity contribution is 0.248. The molecule has 0 N–H and O–H groups in total. The van der Waals surface area contributed by atoms with Crippen LogP contribution in [0.3, 0.4) is 0 Å². The molecule has 0 spiro atoms. The molecule has 2 aromatic rings. The summed E-state index contributed by atoms with van der Waals surface area (Å²) in [4.78, 5) is 0. The van der Waals surface area contributed by atoms with Gasteiger partial charge in [-0.2, -0.15) is 14.6 Å². The van der Waals surface area contributed by atoms with Crippen LogP contribution in [0.15, 0.2) is 24.3 Å². The fourth-order valence-electron chi connectivity index (χ4n) is 4.37. The number of nitrogens with zero attached hydrogens (tertiary/aromatic N) is 2. The molecule has 0 aliphatic heterocycles. The third-order valence-corrected chi connectivity index (χ3v) is 6.25. The van der Waals surface area contributed by atoms with Crippen molar-refractivity contribution >= 4 is 0 Å². The topological polar surface area (TPSA) is 35.0 Å². The Labute approximate surface area is 172 Å². The lowest BCUT2D eigenvalue weighted by Gasteiger charge is -2.28. The van der Waals surface area contributed by atoms with E-state index in [1.54, 1.807) is 6.07 Å². The predicted octanol–water partition coefficient (Wildman–Crippen LogP) is 6.75. The number of rotatable bonds is 9. The van der Waals surface area contributed by atoms with Gasteiger partial charge in [0.25, 0.3) is 0 Å². The molecule has 1 heterocycles. The summed E-state index contributed by atoms with van der Waals surface area (Å²) in [6.07, 6.45) is 12.8. The minimum absolute atomic E-state index is 0.101. The smallest absolute Gasteiger partial charge is 0.201 e. The molecule has 3 rings (SSSR count). The maximum atomic E-state index is 14.2. The van der Waals surface area contributed by atoms with Crippen molar-refractivity contribution < 1.29 is 13.5 Å². The van der Waals surface area contributed by atoms with E-state index in [4.69, 9.17) is 4.74 Å². The van der Waals surface area contributed by atoms with Crippen molar-refractivity contribution in [3.8, 4) is 17.0 Å². The Morgan fingerprint density at radius 3 is 2.24 bits per heavy atom. The molecule has 0 unspecified atom stereocenters. The second-order valence-electron chi connectivity index (χ2n) is 8.27. The molecule has 0 atom stereocenters. The van der Waals surface area contributed by atoms with Crippen LogP contribution in [0.2, 0.25) is 0 Å². The van der Waals surface area contributed by atoms with E-state index >= 15 is 0 Å². The Balaban J connectivity index is 1.50. The normalized spacial score (nSPS) is 19.3. The van der Waals surface area contributed by atoms with Gasteiger partial charge in [0.05, 0.1) is 18.5 Å². The van der Waals surface area contributed by atoms with Crippen molar-refractivity contribution in [1.82, 2.24) is 10.2 Å². The van der Waals surface area contributed by atoms with E-state index in [2.05, 4.69) is 17.1 Å². The maximum absolute atomic E-state index is 14.2. The first kappa shape index (κ1) is 21.7. The van der Waals surface area contributed by atoms with Crippen LogP contribution in [0.1, 0.15) is 70.4 Å². The Bertz CT molecular complexity index is 771. The lowest BCUT2D eigenvalue weighted by Crippen LogP contribution is -2.15. The Kier molecular flexibility index (Phi) is 7.96. The molecule has 0 amide bonds.